The maximum atomic E-state index is 5.46. The fraction of sp³-hybridized carbons (Fsp3) is 0.529. The van der Waals surface area contributed by atoms with Crippen LogP contribution in [0.3, 0.4) is 0 Å². The van der Waals surface area contributed by atoms with Gasteiger partial charge in [0.15, 0.2) is 5.82 Å². The van der Waals surface area contributed by atoms with E-state index >= 15 is 0 Å². The highest BCUT2D eigenvalue weighted by Crippen LogP contribution is 2.52. The first-order chi connectivity index (χ1) is 10.2. The Hall–Kier alpha value is -1.68. The van der Waals surface area contributed by atoms with Crippen LogP contribution in [0.25, 0.3) is 0 Å². The van der Waals surface area contributed by atoms with E-state index in [-0.39, 0.29) is 5.41 Å². The van der Waals surface area contributed by atoms with Crippen molar-refractivity contribution in [3.8, 4) is 0 Å². The Kier molecular flexibility index (Phi) is 4.06. The number of hydrogen-bond acceptors (Lipinski definition) is 4. The second kappa shape index (κ2) is 5.98. The zero-order valence-electron chi connectivity index (χ0n) is 12.8. The molecule has 0 bridgehead atoms. The van der Waals surface area contributed by atoms with E-state index in [1.807, 2.05) is 6.07 Å². The van der Waals surface area contributed by atoms with Gasteiger partial charge in [0.2, 0.25) is 5.89 Å². The van der Waals surface area contributed by atoms with E-state index in [2.05, 4.69) is 53.6 Å². The Morgan fingerprint density at radius 2 is 2.05 bits per heavy atom. The summed E-state index contributed by atoms with van der Waals surface area (Å²) in [6.45, 7) is 5.35. The minimum absolute atomic E-state index is 0.00307. The molecule has 1 heterocycles. The first-order valence-electron chi connectivity index (χ1n) is 7.86. The Morgan fingerprint density at radius 3 is 2.71 bits per heavy atom. The summed E-state index contributed by atoms with van der Waals surface area (Å²) >= 11 is 0. The maximum absolute atomic E-state index is 5.46. The molecular formula is C17H23N3O. The number of benzene rings is 1. The lowest BCUT2D eigenvalue weighted by atomic mass is 9.95. The van der Waals surface area contributed by atoms with Gasteiger partial charge in [0, 0.05) is 12.5 Å². The molecule has 1 aliphatic carbocycles. The lowest BCUT2D eigenvalue weighted by Crippen LogP contribution is -2.28. The SMILES string of the molecule is CCCNC(C)Cc1nc(C2(c3ccccc3)CC2)no1. The summed E-state index contributed by atoms with van der Waals surface area (Å²) in [5.41, 5.74) is 1.30. The van der Waals surface area contributed by atoms with Crippen molar-refractivity contribution in [2.24, 2.45) is 0 Å². The third kappa shape index (κ3) is 3.00. The molecule has 0 radical (unpaired) electrons. The molecule has 4 heteroatoms. The predicted molar refractivity (Wildman–Crippen MR) is 82.2 cm³/mol. The number of rotatable bonds is 7. The van der Waals surface area contributed by atoms with E-state index in [9.17, 15) is 0 Å². The van der Waals surface area contributed by atoms with E-state index in [4.69, 9.17) is 4.52 Å². The van der Waals surface area contributed by atoms with Crippen molar-refractivity contribution in [3.63, 3.8) is 0 Å². The average molecular weight is 285 g/mol. The highest BCUT2D eigenvalue weighted by Gasteiger charge is 2.49. The smallest absolute Gasteiger partial charge is 0.228 e. The van der Waals surface area contributed by atoms with Crippen LogP contribution < -0.4 is 5.32 Å². The van der Waals surface area contributed by atoms with Gasteiger partial charge in [-0.15, -0.1) is 0 Å². The van der Waals surface area contributed by atoms with Gasteiger partial charge < -0.3 is 9.84 Å². The monoisotopic (exact) mass is 285 g/mol. The average Bonchev–Trinajstić information content (AvgIpc) is 3.20. The topological polar surface area (TPSA) is 51.0 Å². The predicted octanol–water partition coefficient (Wildman–Crippen LogP) is 3.08. The normalized spacial score (nSPS) is 17.6. The Labute approximate surface area is 126 Å². The van der Waals surface area contributed by atoms with Crippen LogP contribution in [-0.2, 0) is 11.8 Å². The van der Waals surface area contributed by atoms with Crippen LogP contribution in [0, 0.1) is 0 Å². The zero-order chi connectivity index (χ0) is 14.7. The Morgan fingerprint density at radius 1 is 1.29 bits per heavy atom. The lowest BCUT2D eigenvalue weighted by molar-refractivity contribution is 0.355. The van der Waals surface area contributed by atoms with E-state index in [0.29, 0.717) is 6.04 Å². The summed E-state index contributed by atoms with van der Waals surface area (Å²) in [7, 11) is 0. The van der Waals surface area contributed by atoms with Crippen molar-refractivity contribution >= 4 is 0 Å². The van der Waals surface area contributed by atoms with Crippen molar-refractivity contribution in [2.45, 2.75) is 51.0 Å². The summed E-state index contributed by atoms with van der Waals surface area (Å²) in [4.78, 5) is 4.65. The van der Waals surface area contributed by atoms with E-state index in [1.54, 1.807) is 0 Å². The molecule has 0 aliphatic heterocycles. The van der Waals surface area contributed by atoms with Crippen LogP contribution in [0.15, 0.2) is 34.9 Å². The standard InChI is InChI=1S/C17H23N3O/c1-3-11-18-13(2)12-15-19-16(20-21-15)17(9-10-17)14-7-5-4-6-8-14/h4-8,13,18H,3,9-12H2,1-2H3. The molecule has 1 saturated carbocycles. The molecule has 1 aromatic heterocycles. The first-order valence-corrected chi connectivity index (χ1v) is 7.86. The number of aromatic nitrogens is 2. The quantitative estimate of drug-likeness (QED) is 0.849. The van der Waals surface area contributed by atoms with Gasteiger partial charge in [-0.3, -0.25) is 0 Å². The van der Waals surface area contributed by atoms with Gasteiger partial charge in [-0.05, 0) is 38.3 Å². The van der Waals surface area contributed by atoms with Gasteiger partial charge in [-0.25, -0.2) is 0 Å². The van der Waals surface area contributed by atoms with Crippen LogP contribution in [0.5, 0.6) is 0 Å². The molecule has 4 nitrogen and oxygen atoms in total. The molecule has 3 rings (SSSR count). The van der Waals surface area contributed by atoms with Crippen molar-refractivity contribution in [3.05, 3.63) is 47.6 Å². The largest absolute Gasteiger partial charge is 0.339 e. The molecule has 1 aliphatic rings. The summed E-state index contributed by atoms with van der Waals surface area (Å²) in [5, 5.41) is 7.69. The maximum Gasteiger partial charge on any atom is 0.228 e. The van der Waals surface area contributed by atoms with Crippen LogP contribution in [-0.4, -0.2) is 22.7 Å². The highest BCUT2D eigenvalue weighted by molar-refractivity contribution is 5.38. The molecule has 1 atom stereocenters. The second-order valence-electron chi connectivity index (χ2n) is 6.02. The summed E-state index contributed by atoms with van der Waals surface area (Å²) in [5.74, 6) is 1.59. The summed E-state index contributed by atoms with van der Waals surface area (Å²) in [6, 6.07) is 10.9. The fourth-order valence-electron chi connectivity index (χ4n) is 2.78. The van der Waals surface area contributed by atoms with Gasteiger partial charge in [0.25, 0.3) is 0 Å². The molecule has 2 aromatic rings. The number of hydrogen-bond donors (Lipinski definition) is 1. The number of nitrogens with zero attached hydrogens (tertiary/aromatic N) is 2. The van der Waals surface area contributed by atoms with Crippen molar-refractivity contribution in [1.82, 2.24) is 15.5 Å². The van der Waals surface area contributed by atoms with E-state index in [1.165, 1.54) is 5.56 Å². The molecule has 0 saturated heterocycles. The van der Waals surface area contributed by atoms with E-state index in [0.717, 1.165) is 43.9 Å². The van der Waals surface area contributed by atoms with Gasteiger partial charge >= 0.3 is 0 Å². The van der Waals surface area contributed by atoms with E-state index < -0.39 is 0 Å². The van der Waals surface area contributed by atoms with Crippen LogP contribution in [0.1, 0.15) is 50.4 Å². The fourth-order valence-corrected chi connectivity index (χ4v) is 2.78. The van der Waals surface area contributed by atoms with Crippen LogP contribution in [0.4, 0.5) is 0 Å². The Balaban J connectivity index is 1.71. The van der Waals surface area contributed by atoms with Gasteiger partial charge in [-0.1, -0.05) is 42.4 Å². The summed E-state index contributed by atoms with van der Waals surface area (Å²) < 4.78 is 5.46. The molecule has 112 valence electrons. The molecule has 0 spiro atoms. The number of nitrogens with one attached hydrogen (secondary N) is 1. The van der Waals surface area contributed by atoms with Crippen molar-refractivity contribution in [2.75, 3.05) is 6.54 Å². The summed E-state index contributed by atoms with van der Waals surface area (Å²) in [6.07, 6.45) is 4.15. The first kappa shape index (κ1) is 14.3. The molecule has 1 fully saturated rings. The molecule has 0 amide bonds. The zero-order valence-corrected chi connectivity index (χ0v) is 12.8. The molecule has 1 aromatic carbocycles. The highest BCUT2D eigenvalue weighted by atomic mass is 16.5. The third-order valence-electron chi connectivity index (χ3n) is 4.20. The minimum atomic E-state index is 0.00307. The van der Waals surface area contributed by atoms with Crippen molar-refractivity contribution in [1.29, 1.82) is 0 Å². The molecule has 1 N–H and O–H groups in total. The van der Waals surface area contributed by atoms with Gasteiger partial charge in [0.1, 0.15) is 0 Å². The lowest BCUT2D eigenvalue weighted by Gasteiger charge is -2.11. The van der Waals surface area contributed by atoms with Crippen LogP contribution in [0.2, 0.25) is 0 Å². The third-order valence-corrected chi connectivity index (χ3v) is 4.20. The molecule has 1 unspecified atom stereocenters. The molecule has 21 heavy (non-hydrogen) atoms. The van der Waals surface area contributed by atoms with Crippen LogP contribution >= 0.6 is 0 Å². The molecular weight excluding hydrogens is 262 g/mol. The van der Waals surface area contributed by atoms with Gasteiger partial charge in [-0.2, -0.15) is 4.98 Å². The second-order valence-corrected chi connectivity index (χ2v) is 6.02. The van der Waals surface area contributed by atoms with Crippen molar-refractivity contribution < 1.29 is 4.52 Å². The Bertz CT molecular complexity index is 575. The minimum Gasteiger partial charge on any atom is -0.339 e. The van der Waals surface area contributed by atoms with Gasteiger partial charge in [0.05, 0.1) is 5.41 Å².